The maximum absolute atomic E-state index is 13.1. The van der Waals surface area contributed by atoms with Crippen LogP contribution in [0.4, 0.5) is 27.0 Å². The number of amides is 2. The fourth-order valence-corrected chi connectivity index (χ4v) is 5.42. The predicted octanol–water partition coefficient (Wildman–Crippen LogP) is 3.43. The fraction of sp³-hybridized carbons (Fsp3) is 0.538. The van der Waals surface area contributed by atoms with Crippen LogP contribution in [0.5, 0.6) is 5.88 Å². The van der Waals surface area contributed by atoms with Gasteiger partial charge in [0.05, 0.1) is 23.9 Å². The van der Waals surface area contributed by atoms with Crippen LogP contribution in [0.3, 0.4) is 0 Å². The van der Waals surface area contributed by atoms with Gasteiger partial charge < -0.3 is 35.2 Å². The number of carbonyl (C=O) groups is 2. The van der Waals surface area contributed by atoms with Gasteiger partial charge >= 0.3 is 12.2 Å². The number of piperazine rings is 1. The van der Waals surface area contributed by atoms with Crippen molar-refractivity contribution in [2.24, 2.45) is 0 Å². The van der Waals surface area contributed by atoms with E-state index in [4.69, 9.17) is 20.0 Å². The van der Waals surface area contributed by atoms with Crippen LogP contribution in [-0.4, -0.2) is 92.6 Å². The van der Waals surface area contributed by atoms with Gasteiger partial charge in [0.1, 0.15) is 17.2 Å². The van der Waals surface area contributed by atoms with E-state index >= 15 is 0 Å². The monoisotopic (exact) mass is 585 g/mol. The normalized spacial score (nSPS) is 19.8. The van der Waals surface area contributed by atoms with Crippen LogP contribution in [0.15, 0.2) is 17.8 Å². The molecule has 0 bridgehead atoms. The van der Waals surface area contributed by atoms with Crippen LogP contribution >= 0.6 is 11.3 Å². The average Bonchev–Trinajstić information content (AvgIpc) is 3.53. The lowest BCUT2D eigenvalue weighted by Gasteiger charge is -2.40. The van der Waals surface area contributed by atoms with E-state index < -0.39 is 11.8 Å². The molecule has 15 heteroatoms. The molecule has 5 rings (SSSR count). The van der Waals surface area contributed by atoms with Crippen LogP contribution in [0.2, 0.25) is 0 Å². The summed E-state index contributed by atoms with van der Waals surface area (Å²) in [5.74, 6) is 1.34. The van der Waals surface area contributed by atoms with Crippen LogP contribution in [0.1, 0.15) is 39.7 Å². The van der Waals surface area contributed by atoms with Gasteiger partial charge in [0.15, 0.2) is 10.6 Å². The highest BCUT2D eigenvalue weighted by molar-refractivity contribution is 7.16. The van der Waals surface area contributed by atoms with E-state index in [-0.39, 0.29) is 24.1 Å². The standard InChI is InChI=1S/C26H35N9O5S/c1-15-10-19(38-17-6-7-34(13-17)40-25(37)39-26(3,4)5)28-11-18(15)30-24(36)33-8-9-35(16(2)12-33)21-20-22(41-14-29-20)32-23(27)31-21/h10-11,14,16-17H,6-9,12-13H2,1-5H3,(H,30,36)(H2,27,31,32)/t16-,17?/m0/s1. The Balaban J connectivity index is 1.13. The van der Waals surface area contributed by atoms with Crippen LogP contribution in [-0.2, 0) is 9.57 Å². The molecule has 3 aromatic rings. The third-order valence-corrected chi connectivity index (χ3v) is 7.42. The lowest BCUT2D eigenvalue weighted by atomic mass is 10.2. The zero-order chi connectivity index (χ0) is 29.3. The first-order valence-electron chi connectivity index (χ1n) is 13.4. The number of hydroxylamine groups is 2. The number of nitrogens with one attached hydrogen (secondary N) is 1. The molecule has 2 atom stereocenters. The van der Waals surface area contributed by atoms with E-state index in [1.165, 1.54) is 16.4 Å². The van der Waals surface area contributed by atoms with Gasteiger partial charge in [-0.05, 0) is 40.2 Å². The van der Waals surface area contributed by atoms with Gasteiger partial charge in [0, 0.05) is 44.7 Å². The maximum Gasteiger partial charge on any atom is 0.528 e. The third-order valence-electron chi connectivity index (χ3n) is 6.70. The number of nitrogen functional groups attached to an aromatic ring is 1. The van der Waals surface area contributed by atoms with Crippen LogP contribution in [0, 0.1) is 6.92 Å². The summed E-state index contributed by atoms with van der Waals surface area (Å²) in [5.41, 5.74) is 9.17. The fourth-order valence-electron chi connectivity index (χ4n) is 4.76. The van der Waals surface area contributed by atoms with E-state index in [0.717, 1.165) is 15.9 Å². The van der Waals surface area contributed by atoms with E-state index in [2.05, 4.69) is 30.2 Å². The van der Waals surface area contributed by atoms with Crippen molar-refractivity contribution in [2.75, 3.05) is 48.7 Å². The summed E-state index contributed by atoms with van der Waals surface area (Å²) in [7, 11) is 0. The number of aromatic nitrogens is 4. The SMILES string of the molecule is Cc1cc(OC2CCN(OC(=O)OC(C)(C)C)C2)ncc1NC(=O)N1CCN(c2nc(N)nc3scnc23)[C@@H](C)C1. The van der Waals surface area contributed by atoms with Gasteiger partial charge in [0.25, 0.3) is 0 Å². The van der Waals surface area contributed by atoms with Crippen molar-refractivity contribution in [3.05, 3.63) is 23.3 Å². The van der Waals surface area contributed by atoms with E-state index in [1.54, 1.807) is 43.4 Å². The smallest absolute Gasteiger partial charge is 0.473 e. The second-order valence-electron chi connectivity index (χ2n) is 11.1. The van der Waals surface area contributed by atoms with Gasteiger partial charge in [-0.1, -0.05) is 0 Å². The van der Waals surface area contributed by atoms with E-state index in [9.17, 15) is 9.59 Å². The van der Waals surface area contributed by atoms with E-state index in [0.29, 0.717) is 56.5 Å². The van der Waals surface area contributed by atoms with Crippen molar-refractivity contribution in [2.45, 2.75) is 58.8 Å². The molecule has 220 valence electrons. The molecule has 0 saturated carbocycles. The number of thiazole rings is 1. The largest absolute Gasteiger partial charge is 0.528 e. The minimum atomic E-state index is -0.737. The first-order valence-corrected chi connectivity index (χ1v) is 14.3. The number of rotatable bonds is 5. The molecule has 0 spiro atoms. The number of urea groups is 1. The number of nitrogens with two attached hydrogens (primary N) is 1. The molecule has 5 heterocycles. The zero-order valence-corrected chi connectivity index (χ0v) is 24.6. The Morgan fingerprint density at radius 1 is 1.15 bits per heavy atom. The van der Waals surface area contributed by atoms with Crippen LogP contribution < -0.4 is 20.7 Å². The van der Waals surface area contributed by atoms with Crippen molar-refractivity contribution >= 4 is 51.3 Å². The number of anilines is 3. The average molecular weight is 586 g/mol. The molecule has 2 amide bonds. The molecule has 2 aliphatic rings. The Morgan fingerprint density at radius 3 is 2.68 bits per heavy atom. The van der Waals surface area contributed by atoms with Crippen molar-refractivity contribution < 1.29 is 23.9 Å². The van der Waals surface area contributed by atoms with Gasteiger partial charge in [-0.25, -0.2) is 24.5 Å². The topological polar surface area (TPSA) is 161 Å². The highest BCUT2D eigenvalue weighted by atomic mass is 32.1. The van der Waals surface area contributed by atoms with Crippen LogP contribution in [0.25, 0.3) is 10.3 Å². The summed E-state index contributed by atoms with van der Waals surface area (Å²) in [4.78, 5) is 52.4. The Hall–Kier alpha value is -3.98. The van der Waals surface area contributed by atoms with E-state index in [1.807, 2.05) is 13.8 Å². The Kier molecular flexibility index (Phi) is 8.00. The first kappa shape index (κ1) is 28.5. The minimum Gasteiger partial charge on any atom is -0.473 e. The van der Waals surface area contributed by atoms with Crippen molar-refractivity contribution in [3.63, 3.8) is 0 Å². The van der Waals surface area contributed by atoms with Gasteiger partial charge in [0.2, 0.25) is 11.8 Å². The molecule has 3 aromatic heterocycles. The third kappa shape index (κ3) is 6.85. The lowest BCUT2D eigenvalue weighted by molar-refractivity contribution is -0.132. The van der Waals surface area contributed by atoms with Crippen molar-refractivity contribution in [1.29, 1.82) is 0 Å². The summed E-state index contributed by atoms with van der Waals surface area (Å²) < 4.78 is 11.2. The summed E-state index contributed by atoms with van der Waals surface area (Å²) in [6, 6.07) is 1.57. The molecule has 0 radical (unpaired) electrons. The number of aryl methyl sites for hydroxylation is 1. The lowest BCUT2D eigenvalue weighted by Crippen LogP contribution is -2.55. The Labute approximate surface area is 241 Å². The second-order valence-corrected chi connectivity index (χ2v) is 12.0. The number of hydrogen-bond acceptors (Lipinski definition) is 13. The molecule has 41 heavy (non-hydrogen) atoms. The molecule has 2 fully saturated rings. The number of hydrogen-bond donors (Lipinski definition) is 2. The Bertz CT molecular complexity index is 1430. The molecule has 3 N–H and O–H groups in total. The van der Waals surface area contributed by atoms with Gasteiger partial charge in [-0.15, -0.1) is 16.4 Å². The molecule has 2 aliphatic heterocycles. The minimum absolute atomic E-state index is 0.00558. The molecule has 14 nitrogen and oxygen atoms in total. The number of fused-ring (bicyclic) bond motifs is 1. The van der Waals surface area contributed by atoms with Crippen molar-refractivity contribution in [1.82, 2.24) is 29.9 Å². The summed E-state index contributed by atoms with van der Waals surface area (Å²) in [5, 5.41) is 4.50. The summed E-state index contributed by atoms with van der Waals surface area (Å²) in [6.07, 6.45) is 1.33. The maximum atomic E-state index is 13.1. The molecule has 1 unspecified atom stereocenters. The number of pyridine rings is 1. The van der Waals surface area contributed by atoms with Gasteiger partial charge in [-0.3, -0.25) is 0 Å². The first-order chi connectivity index (χ1) is 19.4. The molecule has 0 aromatic carbocycles. The molecular weight excluding hydrogens is 550 g/mol. The highest BCUT2D eigenvalue weighted by Crippen LogP contribution is 2.29. The highest BCUT2D eigenvalue weighted by Gasteiger charge is 2.31. The Morgan fingerprint density at radius 2 is 1.95 bits per heavy atom. The van der Waals surface area contributed by atoms with Crippen molar-refractivity contribution in [3.8, 4) is 5.88 Å². The second kappa shape index (κ2) is 11.5. The summed E-state index contributed by atoms with van der Waals surface area (Å²) >= 11 is 1.42. The quantitative estimate of drug-likeness (QED) is 0.420. The molecule has 2 saturated heterocycles. The van der Waals surface area contributed by atoms with Gasteiger partial charge in [-0.2, -0.15) is 4.98 Å². The number of ether oxygens (including phenoxy) is 2. The molecular formula is C26H35N9O5S. The predicted molar refractivity (Wildman–Crippen MR) is 154 cm³/mol. The number of carbonyl (C=O) groups excluding carboxylic acids is 2. The summed E-state index contributed by atoms with van der Waals surface area (Å²) in [6.45, 7) is 11.8. The zero-order valence-electron chi connectivity index (χ0n) is 23.8. The number of nitrogens with zero attached hydrogens (tertiary/aromatic N) is 7. The molecule has 0 aliphatic carbocycles.